The van der Waals surface area contributed by atoms with Gasteiger partial charge in [-0.15, -0.1) is 0 Å². The topological polar surface area (TPSA) is 56.7 Å². The Morgan fingerprint density at radius 1 is 1.29 bits per heavy atom. The van der Waals surface area contributed by atoms with E-state index in [0.717, 1.165) is 36.0 Å². The zero-order valence-corrected chi connectivity index (χ0v) is 11.1. The van der Waals surface area contributed by atoms with Crippen molar-refractivity contribution < 1.29 is 0 Å². The average Bonchev–Trinajstić information content (AvgIpc) is 2.83. The molecule has 0 aliphatic heterocycles. The Morgan fingerprint density at radius 3 is 2.82 bits per heavy atom. The second kappa shape index (κ2) is 5.93. The third kappa shape index (κ3) is 3.14. The summed E-state index contributed by atoms with van der Waals surface area (Å²) in [7, 11) is 0. The summed E-state index contributed by atoms with van der Waals surface area (Å²) in [5.41, 5.74) is 7.80. The van der Waals surface area contributed by atoms with Crippen molar-refractivity contribution in [3.05, 3.63) is 40.9 Å². The van der Waals surface area contributed by atoms with Crippen molar-refractivity contribution >= 4 is 15.9 Å². The Morgan fingerprint density at radius 2 is 2.18 bits per heavy atom. The minimum Gasteiger partial charge on any atom is -0.330 e. The Labute approximate surface area is 109 Å². The third-order valence-electron chi connectivity index (χ3n) is 2.60. The molecule has 2 aromatic rings. The summed E-state index contributed by atoms with van der Waals surface area (Å²) in [6, 6.07) is 6.31. The molecule has 17 heavy (non-hydrogen) atoms. The van der Waals surface area contributed by atoms with Gasteiger partial charge in [-0.2, -0.15) is 5.10 Å². The molecule has 1 heterocycles. The van der Waals surface area contributed by atoms with Gasteiger partial charge in [0.2, 0.25) is 0 Å². The van der Waals surface area contributed by atoms with Gasteiger partial charge in [-0.3, -0.25) is 0 Å². The maximum absolute atomic E-state index is 5.48. The van der Waals surface area contributed by atoms with Crippen molar-refractivity contribution in [2.75, 3.05) is 6.54 Å². The summed E-state index contributed by atoms with van der Waals surface area (Å²) in [6.07, 6.45) is 6.48. The highest BCUT2D eigenvalue weighted by molar-refractivity contribution is 9.10. The fourth-order valence-corrected chi connectivity index (χ4v) is 2.31. The van der Waals surface area contributed by atoms with Gasteiger partial charge in [-0.1, -0.05) is 6.07 Å². The van der Waals surface area contributed by atoms with Crippen molar-refractivity contribution in [3.63, 3.8) is 0 Å². The van der Waals surface area contributed by atoms with Crippen LogP contribution in [-0.2, 0) is 6.42 Å². The Kier molecular flexibility index (Phi) is 4.28. The summed E-state index contributed by atoms with van der Waals surface area (Å²) < 4.78 is 2.78. The lowest BCUT2D eigenvalue weighted by Crippen LogP contribution is -2.00. The molecule has 0 amide bonds. The average molecular weight is 295 g/mol. The first-order valence-electron chi connectivity index (χ1n) is 5.65. The van der Waals surface area contributed by atoms with Crippen molar-refractivity contribution in [1.82, 2.24) is 14.8 Å². The van der Waals surface area contributed by atoms with Crippen LogP contribution in [0.25, 0.3) is 5.69 Å². The van der Waals surface area contributed by atoms with Crippen LogP contribution in [0, 0.1) is 0 Å². The van der Waals surface area contributed by atoms with Crippen LogP contribution in [-0.4, -0.2) is 21.3 Å². The molecule has 2 N–H and O–H groups in total. The van der Waals surface area contributed by atoms with Crippen molar-refractivity contribution in [2.24, 2.45) is 5.73 Å². The minimum atomic E-state index is 0.762. The molecule has 0 saturated heterocycles. The van der Waals surface area contributed by atoms with E-state index >= 15 is 0 Å². The number of halogens is 1. The van der Waals surface area contributed by atoms with Crippen molar-refractivity contribution in [1.29, 1.82) is 0 Å². The van der Waals surface area contributed by atoms with E-state index in [-0.39, 0.29) is 0 Å². The van der Waals surface area contributed by atoms with Gasteiger partial charge in [0.15, 0.2) is 0 Å². The number of hydrogen-bond acceptors (Lipinski definition) is 3. The summed E-state index contributed by atoms with van der Waals surface area (Å²) in [6.45, 7) is 0.762. The Bertz CT molecular complexity index is 467. The first kappa shape index (κ1) is 12.3. The van der Waals surface area contributed by atoms with Crippen LogP contribution in [0.15, 0.2) is 35.3 Å². The van der Waals surface area contributed by atoms with Gasteiger partial charge in [-0.25, -0.2) is 9.67 Å². The molecule has 0 unspecified atom stereocenters. The summed E-state index contributed by atoms with van der Waals surface area (Å²) in [4.78, 5) is 3.94. The van der Waals surface area contributed by atoms with Gasteiger partial charge >= 0.3 is 0 Å². The number of hydrogen-bond donors (Lipinski definition) is 1. The molecule has 0 fully saturated rings. The first-order chi connectivity index (χ1) is 8.31. The van der Waals surface area contributed by atoms with E-state index in [2.05, 4.69) is 44.2 Å². The molecule has 0 bridgehead atoms. The first-order valence-corrected chi connectivity index (χ1v) is 6.44. The summed E-state index contributed by atoms with van der Waals surface area (Å²) in [5.74, 6) is 0. The van der Waals surface area contributed by atoms with E-state index in [0.29, 0.717) is 0 Å². The van der Waals surface area contributed by atoms with Gasteiger partial charge < -0.3 is 5.73 Å². The molecule has 0 radical (unpaired) electrons. The fraction of sp³-hybridized carbons (Fsp3) is 0.333. The van der Waals surface area contributed by atoms with E-state index in [1.54, 1.807) is 11.0 Å². The summed E-state index contributed by atoms with van der Waals surface area (Å²) in [5, 5.41) is 4.11. The summed E-state index contributed by atoms with van der Waals surface area (Å²) >= 11 is 3.56. The molecule has 0 atom stereocenters. The van der Waals surface area contributed by atoms with Crippen LogP contribution in [0.4, 0.5) is 0 Å². The van der Waals surface area contributed by atoms with E-state index < -0.39 is 0 Å². The Hall–Kier alpha value is -1.20. The molecule has 1 aromatic heterocycles. The normalized spacial score (nSPS) is 10.7. The van der Waals surface area contributed by atoms with Gasteiger partial charge in [0, 0.05) is 4.47 Å². The van der Waals surface area contributed by atoms with Crippen LogP contribution >= 0.6 is 15.9 Å². The highest BCUT2D eigenvalue weighted by atomic mass is 79.9. The Balaban J connectivity index is 2.12. The predicted octanol–water partition coefficient (Wildman–Crippen LogP) is 2.31. The number of nitrogens with zero attached hydrogens (tertiary/aromatic N) is 3. The van der Waals surface area contributed by atoms with Crippen LogP contribution < -0.4 is 5.73 Å². The van der Waals surface area contributed by atoms with Gasteiger partial charge in [0.05, 0.1) is 5.69 Å². The van der Waals surface area contributed by atoms with E-state index in [4.69, 9.17) is 5.73 Å². The SMILES string of the molecule is NCCCCc1ccc(-n2cncn2)c(Br)c1. The monoisotopic (exact) mass is 294 g/mol. The lowest BCUT2D eigenvalue weighted by Gasteiger charge is -2.06. The molecule has 0 aliphatic rings. The second-order valence-corrected chi connectivity index (χ2v) is 4.73. The molecule has 2 rings (SSSR count). The van der Waals surface area contributed by atoms with Crippen molar-refractivity contribution in [3.8, 4) is 5.69 Å². The number of aryl methyl sites for hydroxylation is 1. The molecule has 90 valence electrons. The highest BCUT2D eigenvalue weighted by Gasteiger charge is 2.04. The number of aromatic nitrogens is 3. The molecule has 0 aliphatic carbocycles. The maximum atomic E-state index is 5.48. The quantitative estimate of drug-likeness (QED) is 0.861. The highest BCUT2D eigenvalue weighted by Crippen LogP contribution is 2.22. The number of benzene rings is 1. The number of unbranched alkanes of at least 4 members (excludes halogenated alkanes) is 1. The molecular formula is C12H15BrN4. The number of rotatable bonds is 5. The zero-order valence-electron chi connectivity index (χ0n) is 9.51. The fourth-order valence-electron chi connectivity index (χ4n) is 1.70. The van der Waals surface area contributed by atoms with Gasteiger partial charge in [0.25, 0.3) is 0 Å². The van der Waals surface area contributed by atoms with E-state index in [1.807, 2.05) is 0 Å². The third-order valence-corrected chi connectivity index (χ3v) is 3.23. The lowest BCUT2D eigenvalue weighted by molar-refractivity contribution is 0.744. The molecular weight excluding hydrogens is 280 g/mol. The predicted molar refractivity (Wildman–Crippen MR) is 71.1 cm³/mol. The van der Waals surface area contributed by atoms with Crippen LogP contribution in [0.3, 0.4) is 0 Å². The largest absolute Gasteiger partial charge is 0.330 e. The molecule has 1 aromatic carbocycles. The molecule has 0 saturated carbocycles. The van der Waals surface area contributed by atoms with Crippen LogP contribution in [0.5, 0.6) is 0 Å². The van der Waals surface area contributed by atoms with Gasteiger partial charge in [-0.05, 0) is 59.4 Å². The van der Waals surface area contributed by atoms with Crippen molar-refractivity contribution in [2.45, 2.75) is 19.3 Å². The van der Waals surface area contributed by atoms with Gasteiger partial charge in [0.1, 0.15) is 12.7 Å². The molecule has 0 spiro atoms. The zero-order chi connectivity index (χ0) is 12.1. The van der Waals surface area contributed by atoms with Crippen LogP contribution in [0.2, 0.25) is 0 Å². The molecule has 4 nitrogen and oxygen atoms in total. The minimum absolute atomic E-state index is 0.762. The van der Waals surface area contributed by atoms with E-state index in [1.165, 1.54) is 11.9 Å². The standard InChI is InChI=1S/C12H15BrN4/c13-11-7-10(3-1-2-6-14)4-5-12(11)17-9-15-8-16-17/h4-5,7-9H,1-3,6,14H2. The molecule has 5 heteroatoms. The van der Waals surface area contributed by atoms with E-state index in [9.17, 15) is 0 Å². The lowest BCUT2D eigenvalue weighted by atomic mass is 10.1. The maximum Gasteiger partial charge on any atom is 0.138 e. The number of nitrogens with two attached hydrogens (primary N) is 1. The van der Waals surface area contributed by atoms with Crippen LogP contribution in [0.1, 0.15) is 18.4 Å². The second-order valence-electron chi connectivity index (χ2n) is 3.87. The smallest absolute Gasteiger partial charge is 0.138 e.